The maximum Gasteiger partial charge on any atom is 0.0216 e. The van der Waals surface area contributed by atoms with E-state index < -0.39 is 0 Å². The zero-order valence-electron chi connectivity index (χ0n) is 16.9. The monoisotopic (exact) mass is 311 g/mol. The van der Waals surface area contributed by atoms with Gasteiger partial charge >= 0.3 is 0 Å². The Balaban J connectivity index is 2.59. The van der Waals surface area contributed by atoms with E-state index in [-0.39, 0.29) is 16.2 Å². The minimum absolute atomic E-state index is 0.166. The summed E-state index contributed by atoms with van der Waals surface area (Å²) in [6.45, 7) is 23.3. The number of hydrogen-bond acceptors (Lipinski definition) is 0. The Hall–Kier alpha value is -1.04. The molecule has 127 valence electrons. The number of allylic oxidation sites excluding steroid dienone is 8. The molecule has 0 fully saturated rings. The fraction of sp³-hybridized carbons (Fsp3) is 0.652. The van der Waals surface area contributed by atoms with Crippen LogP contribution in [0.5, 0.6) is 0 Å². The SMILES string of the molecule is CC1=CC(C2=C(C(C)(C)C)C(C(C)(C)C)=CC2)C(C(C)(C)C)=[C]1. The molecule has 0 N–H and O–H groups in total. The quantitative estimate of drug-likeness (QED) is 0.486. The van der Waals surface area contributed by atoms with Crippen LogP contribution in [0.2, 0.25) is 0 Å². The molecule has 0 heteroatoms. The van der Waals surface area contributed by atoms with Crippen LogP contribution < -0.4 is 0 Å². The van der Waals surface area contributed by atoms with Gasteiger partial charge in [-0.3, -0.25) is 0 Å². The number of rotatable bonds is 1. The second-order valence-electron chi connectivity index (χ2n) is 10.3. The van der Waals surface area contributed by atoms with Gasteiger partial charge in [-0.1, -0.05) is 80.0 Å². The Labute approximate surface area is 144 Å². The molecule has 0 aliphatic heterocycles. The van der Waals surface area contributed by atoms with E-state index in [1.165, 1.54) is 11.1 Å². The molecule has 1 radical (unpaired) electrons. The van der Waals surface area contributed by atoms with E-state index >= 15 is 0 Å². The van der Waals surface area contributed by atoms with Crippen LogP contribution in [0, 0.1) is 28.2 Å². The fourth-order valence-corrected chi connectivity index (χ4v) is 4.03. The van der Waals surface area contributed by atoms with Gasteiger partial charge in [0.05, 0.1) is 0 Å². The van der Waals surface area contributed by atoms with E-state index in [2.05, 4.69) is 87.5 Å². The van der Waals surface area contributed by atoms with Crippen molar-refractivity contribution in [2.45, 2.75) is 75.7 Å². The molecule has 0 bridgehead atoms. The van der Waals surface area contributed by atoms with Crippen LogP contribution in [-0.4, -0.2) is 0 Å². The Morgan fingerprint density at radius 2 is 1.43 bits per heavy atom. The third-order valence-electron chi connectivity index (χ3n) is 4.92. The molecule has 0 saturated heterocycles. The molecule has 0 heterocycles. The second kappa shape index (κ2) is 5.50. The van der Waals surface area contributed by atoms with Gasteiger partial charge in [0.2, 0.25) is 0 Å². The molecule has 0 nitrogen and oxygen atoms in total. The molecule has 0 aromatic rings. The summed E-state index contributed by atoms with van der Waals surface area (Å²) in [7, 11) is 0. The van der Waals surface area contributed by atoms with E-state index in [0.717, 1.165) is 6.42 Å². The predicted molar refractivity (Wildman–Crippen MR) is 102 cm³/mol. The summed E-state index contributed by atoms with van der Waals surface area (Å²) in [6, 6.07) is 0. The van der Waals surface area contributed by atoms with Crippen molar-refractivity contribution in [2.24, 2.45) is 22.2 Å². The Morgan fingerprint density at radius 1 is 0.870 bits per heavy atom. The summed E-state index contributed by atoms with van der Waals surface area (Å²) in [5.74, 6) is 0.431. The van der Waals surface area contributed by atoms with Crippen LogP contribution in [-0.2, 0) is 0 Å². The zero-order chi connectivity index (χ0) is 17.8. The Morgan fingerprint density at radius 3 is 1.87 bits per heavy atom. The van der Waals surface area contributed by atoms with Crippen LogP contribution in [0.4, 0.5) is 0 Å². The van der Waals surface area contributed by atoms with Crippen LogP contribution >= 0.6 is 0 Å². The van der Waals surface area contributed by atoms with Gasteiger partial charge in [-0.15, -0.1) is 0 Å². The van der Waals surface area contributed by atoms with Crippen LogP contribution in [0.3, 0.4) is 0 Å². The summed E-state index contributed by atoms with van der Waals surface area (Å²) < 4.78 is 0. The minimum atomic E-state index is 0.166. The Kier molecular flexibility index (Phi) is 4.38. The summed E-state index contributed by atoms with van der Waals surface area (Å²) in [5.41, 5.74) is 8.04. The van der Waals surface area contributed by atoms with Crippen LogP contribution in [0.15, 0.2) is 40.0 Å². The molecule has 23 heavy (non-hydrogen) atoms. The van der Waals surface area contributed by atoms with Crippen molar-refractivity contribution < 1.29 is 0 Å². The van der Waals surface area contributed by atoms with E-state index in [1.807, 2.05) is 0 Å². The van der Waals surface area contributed by atoms with Gasteiger partial charge in [0.15, 0.2) is 0 Å². The van der Waals surface area contributed by atoms with Gasteiger partial charge in [-0.25, -0.2) is 0 Å². The van der Waals surface area contributed by atoms with Gasteiger partial charge in [-0.2, -0.15) is 0 Å². The van der Waals surface area contributed by atoms with E-state index in [9.17, 15) is 0 Å². The third kappa shape index (κ3) is 3.57. The highest BCUT2D eigenvalue weighted by atomic mass is 14.4. The van der Waals surface area contributed by atoms with Gasteiger partial charge in [-0.05, 0) is 58.0 Å². The van der Waals surface area contributed by atoms with Crippen molar-refractivity contribution in [1.82, 2.24) is 0 Å². The van der Waals surface area contributed by atoms with E-state index in [0.29, 0.717) is 5.92 Å². The van der Waals surface area contributed by atoms with Crippen molar-refractivity contribution in [3.05, 3.63) is 46.1 Å². The molecule has 0 saturated carbocycles. The lowest BCUT2D eigenvalue weighted by Gasteiger charge is -2.35. The van der Waals surface area contributed by atoms with Crippen molar-refractivity contribution in [3.8, 4) is 0 Å². The first-order valence-electron chi connectivity index (χ1n) is 9.00. The molecular formula is C23H35. The first kappa shape index (κ1) is 18.3. The number of hydrogen-bond donors (Lipinski definition) is 0. The maximum atomic E-state index is 3.67. The minimum Gasteiger partial charge on any atom is -0.0764 e. The highest BCUT2D eigenvalue weighted by molar-refractivity contribution is 5.54. The summed E-state index contributed by atoms with van der Waals surface area (Å²) in [4.78, 5) is 0. The lowest BCUT2D eigenvalue weighted by Crippen LogP contribution is -2.23. The predicted octanol–water partition coefficient (Wildman–Crippen LogP) is 7.06. The summed E-state index contributed by atoms with van der Waals surface area (Å²) in [5, 5.41) is 0. The first-order chi connectivity index (χ1) is 10.2. The molecule has 2 aliphatic rings. The second-order valence-corrected chi connectivity index (χ2v) is 10.3. The molecule has 0 spiro atoms. The molecule has 1 unspecified atom stereocenters. The van der Waals surface area contributed by atoms with Gasteiger partial charge < -0.3 is 0 Å². The molecular weight excluding hydrogens is 276 g/mol. The van der Waals surface area contributed by atoms with E-state index in [1.54, 1.807) is 16.7 Å². The lowest BCUT2D eigenvalue weighted by atomic mass is 9.70. The third-order valence-corrected chi connectivity index (χ3v) is 4.92. The smallest absolute Gasteiger partial charge is 0.0216 e. The van der Waals surface area contributed by atoms with Gasteiger partial charge in [0, 0.05) is 5.92 Å². The highest BCUT2D eigenvalue weighted by Gasteiger charge is 2.38. The van der Waals surface area contributed by atoms with Gasteiger partial charge in [0.1, 0.15) is 0 Å². The van der Waals surface area contributed by atoms with Crippen molar-refractivity contribution in [2.75, 3.05) is 0 Å². The highest BCUT2D eigenvalue weighted by Crippen LogP contribution is 2.52. The molecule has 0 amide bonds. The van der Waals surface area contributed by atoms with Crippen molar-refractivity contribution in [3.63, 3.8) is 0 Å². The average Bonchev–Trinajstić information content (AvgIpc) is 2.88. The standard InChI is InChI=1S/C23H35/c1-15-13-17(19(14-15)22(5,6)7)16-11-12-18(21(2,3)4)20(16)23(8,9)10/h12-13,17H,11H2,1-10H3. The summed E-state index contributed by atoms with van der Waals surface area (Å²) >= 11 is 0. The van der Waals surface area contributed by atoms with Crippen molar-refractivity contribution in [1.29, 1.82) is 0 Å². The fourth-order valence-electron chi connectivity index (χ4n) is 4.03. The summed E-state index contributed by atoms with van der Waals surface area (Å²) in [6.07, 6.45) is 9.67. The van der Waals surface area contributed by atoms with Crippen LogP contribution in [0.25, 0.3) is 0 Å². The normalized spacial score (nSPS) is 23.2. The Bertz CT molecular complexity index is 610. The lowest BCUT2D eigenvalue weighted by molar-refractivity contribution is 0.437. The van der Waals surface area contributed by atoms with Crippen LogP contribution in [0.1, 0.15) is 75.7 Å². The van der Waals surface area contributed by atoms with Crippen molar-refractivity contribution >= 4 is 0 Å². The first-order valence-corrected chi connectivity index (χ1v) is 9.00. The topological polar surface area (TPSA) is 0 Å². The molecule has 0 aromatic carbocycles. The molecule has 2 rings (SSSR count). The average molecular weight is 312 g/mol. The van der Waals surface area contributed by atoms with E-state index in [4.69, 9.17) is 0 Å². The molecule has 1 atom stereocenters. The maximum absolute atomic E-state index is 3.67. The zero-order valence-corrected chi connectivity index (χ0v) is 16.9. The molecule has 0 aromatic heterocycles. The largest absolute Gasteiger partial charge is 0.0764 e. The molecule has 2 aliphatic carbocycles. The van der Waals surface area contributed by atoms with Gasteiger partial charge in [0.25, 0.3) is 0 Å².